The van der Waals surface area contributed by atoms with Gasteiger partial charge in [-0.15, -0.1) is 0 Å². The molecule has 0 N–H and O–H groups in total. The minimum absolute atomic E-state index is 0.119. The van der Waals surface area contributed by atoms with Crippen molar-refractivity contribution < 1.29 is 23.9 Å². The van der Waals surface area contributed by atoms with E-state index in [4.69, 9.17) is 4.74 Å². The maximum atomic E-state index is 14.1. The van der Waals surface area contributed by atoms with E-state index < -0.39 is 30.0 Å². The lowest BCUT2D eigenvalue weighted by atomic mass is 9.81. The van der Waals surface area contributed by atoms with Crippen molar-refractivity contribution in [2.24, 2.45) is 0 Å². The first-order chi connectivity index (χ1) is 16.5. The zero-order chi connectivity index (χ0) is 24.1. The molecule has 0 saturated carbocycles. The first-order valence-electron chi connectivity index (χ1n) is 11.0. The number of ether oxygens (including phenoxy) is 1. The number of amides is 3. The van der Waals surface area contributed by atoms with Crippen LogP contribution in [0.2, 0.25) is 0 Å². The Morgan fingerprint density at radius 2 is 1.26 bits per heavy atom. The van der Waals surface area contributed by atoms with E-state index in [2.05, 4.69) is 0 Å². The summed E-state index contributed by atoms with van der Waals surface area (Å²) in [5, 5.41) is 0. The minimum atomic E-state index is -1.61. The van der Waals surface area contributed by atoms with E-state index >= 15 is 0 Å². The van der Waals surface area contributed by atoms with Crippen LogP contribution in [-0.4, -0.2) is 53.2 Å². The normalized spacial score (nSPS) is 14.9. The zero-order valence-electron chi connectivity index (χ0n) is 18.7. The number of carbonyl (C=O) groups is 4. The summed E-state index contributed by atoms with van der Waals surface area (Å²) in [7, 11) is 0. The lowest BCUT2D eigenvalue weighted by Crippen LogP contribution is -2.49. The van der Waals surface area contributed by atoms with Crippen molar-refractivity contribution >= 4 is 23.7 Å². The molecule has 1 heterocycles. The minimum Gasteiger partial charge on any atom is -0.465 e. The molecule has 3 aromatic rings. The van der Waals surface area contributed by atoms with Crippen LogP contribution in [-0.2, 0) is 19.9 Å². The third-order valence-corrected chi connectivity index (χ3v) is 5.79. The first kappa shape index (κ1) is 22.9. The number of imide groups is 1. The largest absolute Gasteiger partial charge is 0.465 e. The van der Waals surface area contributed by atoms with E-state index in [0.717, 1.165) is 4.90 Å². The summed E-state index contributed by atoms with van der Waals surface area (Å²) in [6.45, 7) is 0.878. The first-order valence-corrected chi connectivity index (χ1v) is 11.0. The van der Waals surface area contributed by atoms with Crippen LogP contribution >= 0.6 is 0 Å². The maximum absolute atomic E-state index is 14.1. The molecule has 0 radical (unpaired) electrons. The van der Waals surface area contributed by atoms with Gasteiger partial charge in [-0.2, -0.15) is 0 Å². The Labute approximate surface area is 197 Å². The molecule has 7 nitrogen and oxygen atoms in total. The van der Waals surface area contributed by atoms with Gasteiger partial charge < -0.3 is 4.74 Å². The summed E-state index contributed by atoms with van der Waals surface area (Å²) in [5.41, 5.74) is -0.156. The van der Waals surface area contributed by atoms with Gasteiger partial charge in [-0.25, -0.2) is 4.79 Å². The highest BCUT2D eigenvalue weighted by Crippen LogP contribution is 2.43. The van der Waals surface area contributed by atoms with Gasteiger partial charge in [0.2, 0.25) is 0 Å². The second kappa shape index (κ2) is 9.70. The predicted octanol–water partition coefficient (Wildman–Crippen LogP) is 3.64. The Kier molecular flexibility index (Phi) is 6.54. The highest BCUT2D eigenvalue weighted by atomic mass is 16.5. The van der Waals surface area contributed by atoms with Gasteiger partial charge in [0.25, 0.3) is 5.91 Å². The molecule has 0 unspecified atom stereocenters. The molecule has 4 rings (SSSR count). The van der Waals surface area contributed by atoms with E-state index in [1.54, 1.807) is 97.9 Å². The van der Waals surface area contributed by atoms with Crippen LogP contribution in [0.1, 0.15) is 28.4 Å². The molecule has 0 spiro atoms. The lowest BCUT2D eigenvalue weighted by Gasteiger charge is -2.36. The standard InChI is InChI=1S/C27H24N2O5/c1-2-34-24(31)19-28-25(32)27(21-14-8-4-9-15-21,22-16-10-5-11-17-22)29(26(28)33)18-23(30)20-12-6-3-7-13-20/h3-17H,2,18-19H2,1H3. The van der Waals surface area contributed by atoms with Crippen LogP contribution in [0.4, 0.5) is 4.79 Å². The number of rotatable bonds is 8. The van der Waals surface area contributed by atoms with Gasteiger partial charge in [0.05, 0.1) is 13.2 Å². The van der Waals surface area contributed by atoms with Gasteiger partial charge >= 0.3 is 12.0 Å². The quantitative estimate of drug-likeness (QED) is 0.294. The Hall–Kier alpha value is -4.26. The Balaban J connectivity index is 1.88. The van der Waals surface area contributed by atoms with Gasteiger partial charge in [0.1, 0.15) is 6.54 Å². The Bertz CT molecular complexity index is 1160. The lowest BCUT2D eigenvalue weighted by molar-refractivity contribution is -0.147. The molecule has 1 fully saturated rings. The van der Waals surface area contributed by atoms with E-state index in [0.29, 0.717) is 16.7 Å². The molecule has 34 heavy (non-hydrogen) atoms. The number of esters is 1. The van der Waals surface area contributed by atoms with Crippen LogP contribution in [0.5, 0.6) is 0 Å². The molecular weight excluding hydrogens is 432 g/mol. The molecule has 0 atom stereocenters. The molecule has 3 amide bonds. The second-order valence-corrected chi connectivity index (χ2v) is 7.80. The number of hydrogen-bond donors (Lipinski definition) is 0. The zero-order valence-corrected chi connectivity index (χ0v) is 18.7. The third kappa shape index (κ3) is 3.96. The molecule has 7 heteroatoms. The van der Waals surface area contributed by atoms with Gasteiger partial charge in [0, 0.05) is 5.56 Å². The SMILES string of the molecule is CCOC(=O)CN1C(=O)N(CC(=O)c2ccccc2)C(c2ccccc2)(c2ccccc2)C1=O. The molecule has 1 aliphatic rings. The van der Waals surface area contributed by atoms with Crippen LogP contribution in [0.25, 0.3) is 0 Å². The van der Waals surface area contributed by atoms with E-state index in [9.17, 15) is 19.2 Å². The van der Waals surface area contributed by atoms with E-state index in [1.165, 1.54) is 4.90 Å². The highest BCUT2D eigenvalue weighted by Gasteiger charge is 2.60. The number of ketones is 1. The van der Waals surface area contributed by atoms with Crippen LogP contribution in [0, 0.1) is 0 Å². The predicted molar refractivity (Wildman–Crippen MR) is 125 cm³/mol. The fraction of sp³-hybridized carbons (Fsp3) is 0.185. The molecule has 1 aliphatic heterocycles. The van der Waals surface area contributed by atoms with Crippen LogP contribution in [0.3, 0.4) is 0 Å². The van der Waals surface area contributed by atoms with E-state index in [-0.39, 0.29) is 18.9 Å². The fourth-order valence-electron chi connectivity index (χ4n) is 4.29. The second-order valence-electron chi connectivity index (χ2n) is 7.80. The topological polar surface area (TPSA) is 84.0 Å². The highest BCUT2D eigenvalue weighted by molar-refractivity contribution is 6.13. The maximum Gasteiger partial charge on any atom is 0.329 e. The van der Waals surface area contributed by atoms with Crippen molar-refractivity contribution in [3.05, 3.63) is 108 Å². The van der Waals surface area contributed by atoms with Crippen molar-refractivity contribution in [2.45, 2.75) is 12.5 Å². The van der Waals surface area contributed by atoms with Gasteiger partial charge in [-0.1, -0.05) is 91.0 Å². The van der Waals surface area contributed by atoms with Gasteiger partial charge in [0.15, 0.2) is 11.3 Å². The fourth-order valence-corrected chi connectivity index (χ4v) is 4.29. The number of nitrogens with zero attached hydrogens (tertiary/aromatic N) is 2. The van der Waals surface area contributed by atoms with Crippen molar-refractivity contribution in [2.75, 3.05) is 19.7 Å². The number of hydrogen-bond acceptors (Lipinski definition) is 5. The monoisotopic (exact) mass is 456 g/mol. The summed E-state index contributed by atoms with van der Waals surface area (Å²) in [4.78, 5) is 55.3. The molecule has 3 aromatic carbocycles. The van der Waals surface area contributed by atoms with Crippen LogP contribution in [0.15, 0.2) is 91.0 Å². The summed E-state index contributed by atoms with van der Waals surface area (Å²) < 4.78 is 5.00. The summed E-state index contributed by atoms with van der Waals surface area (Å²) >= 11 is 0. The van der Waals surface area contributed by atoms with Crippen molar-refractivity contribution in [3.8, 4) is 0 Å². The van der Waals surface area contributed by atoms with E-state index in [1.807, 2.05) is 0 Å². The molecular formula is C27H24N2O5. The van der Waals surface area contributed by atoms with Gasteiger partial charge in [-0.05, 0) is 18.1 Å². The number of carbonyl (C=O) groups excluding carboxylic acids is 4. The van der Waals surface area contributed by atoms with Crippen molar-refractivity contribution in [3.63, 3.8) is 0 Å². The molecule has 0 aliphatic carbocycles. The number of urea groups is 1. The molecule has 172 valence electrons. The molecule has 0 aromatic heterocycles. The van der Waals surface area contributed by atoms with Gasteiger partial charge in [-0.3, -0.25) is 24.2 Å². The Morgan fingerprint density at radius 1 is 0.765 bits per heavy atom. The average Bonchev–Trinajstić information content (AvgIpc) is 3.07. The van der Waals surface area contributed by atoms with Crippen LogP contribution < -0.4 is 0 Å². The molecule has 0 bridgehead atoms. The van der Waals surface area contributed by atoms with Crippen molar-refractivity contribution in [1.29, 1.82) is 0 Å². The summed E-state index contributed by atoms with van der Waals surface area (Å²) in [5.74, 6) is -1.63. The summed E-state index contributed by atoms with van der Waals surface area (Å²) in [6.07, 6.45) is 0. The third-order valence-electron chi connectivity index (χ3n) is 5.79. The Morgan fingerprint density at radius 3 is 1.76 bits per heavy atom. The molecule has 1 saturated heterocycles. The van der Waals surface area contributed by atoms with Crippen molar-refractivity contribution in [1.82, 2.24) is 9.80 Å². The number of Topliss-reactive ketones (excluding diaryl/α,β-unsaturated/α-hetero) is 1. The summed E-state index contributed by atoms with van der Waals surface area (Å²) in [6, 6.07) is 25.5. The number of benzene rings is 3. The average molecular weight is 456 g/mol. The smallest absolute Gasteiger partial charge is 0.329 e.